The van der Waals surface area contributed by atoms with Gasteiger partial charge in [0, 0.05) is 16.8 Å². The molecule has 0 aliphatic carbocycles. The third-order valence-corrected chi connectivity index (χ3v) is 4.35. The fourth-order valence-electron chi connectivity index (χ4n) is 2.67. The second kappa shape index (κ2) is 9.30. The summed E-state index contributed by atoms with van der Waals surface area (Å²) in [4.78, 5) is 37.0. The molecule has 0 aromatic heterocycles. The van der Waals surface area contributed by atoms with E-state index in [1.165, 1.54) is 19.1 Å². The van der Waals surface area contributed by atoms with Gasteiger partial charge in [0.25, 0.3) is 5.91 Å². The van der Waals surface area contributed by atoms with Crippen LogP contribution in [-0.4, -0.2) is 23.8 Å². The van der Waals surface area contributed by atoms with Gasteiger partial charge in [-0.2, -0.15) is 5.26 Å². The summed E-state index contributed by atoms with van der Waals surface area (Å²) in [7, 11) is 0. The van der Waals surface area contributed by atoms with Gasteiger partial charge in [0.1, 0.15) is 0 Å². The molecular formula is C24H18N2O4. The summed E-state index contributed by atoms with van der Waals surface area (Å²) in [6.07, 6.45) is -1.03. The van der Waals surface area contributed by atoms with E-state index < -0.39 is 18.0 Å². The lowest BCUT2D eigenvalue weighted by molar-refractivity contribution is -0.123. The van der Waals surface area contributed by atoms with Gasteiger partial charge in [0.15, 0.2) is 11.9 Å². The fraction of sp³-hybridized carbons (Fsp3) is 0.0833. The number of rotatable bonds is 6. The molecule has 1 unspecified atom stereocenters. The molecule has 6 nitrogen and oxygen atoms in total. The summed E-state index contributed by atoms with van der Waals surface area (Å²) >= 11 is 0. The predicted molar refractivity (Wildman–Crippen MR) is 111 cm³/mol. The van der Waals surface area contributed by atoms with Gasteiger partial charge in [-0.25, -0.2) is 4.79 Å². The van der Waals surface area contributed by atoms with Crippen LogP contribution in [0.1, 0.15) is 38.8 Å². The first-order valence-corrected chi connectivity index (χ1v) is 9.20. The number of nitrogens with zero attached hydrogens (tertiary/aromatic N) is 1. The summed E-state index contributed by atoms with van der Waals surface area (Å²) in [6.45, 7) is 1.46. The standard InChI is InChI=1S/C24H18N2O4/c1-16(23(28)26-21-13-7-17(15-25)8-14-21)30-24(29)20-11-9-19(10-12-20)22(27)18-5-3-2-4-6-18/h2-14,16H,1H3,(H,26,28). The number of esters is 1. The Hall–Kier alpha value is -4.24. The van der Waals surface area contributed by atoms with Crippen molar-refractivity contribution in [3.63, 3.8) is 0 Å². The van der Waals surface area contributed by atoms with Gasteiger partial charge in [-0.3, -0.25) is 9.59 Å². The highest BCUT2D eigenvalue weighted by molar-refractivity contribution is 6.09. The van der Waals surface area contributed by atoms with Crippen LogP contribution < -0.4 is 5.32 Å². The molecule has 1 N–H and O–H groups in total. The smallest absolute Gasteiger partial charge is 0.338 e. The third-order valence-electron chi connectivity index (χ3n) is 4.35. The quantitative estimate of drug-likeness (QED) is 0.501. The lowest BCUT2D eigenvalue weighted by atomic mass is 10.0. The van der Waals surface area contributed by atoms with E-state index in [1.807, 2.05) is 12.1 Å². The van der Waals surface area contributed by atoms with Crippen molar-refractivity contribution in [3.05, 3.63) is 101 Å². The molecule has 1 atom stereocenters. The van der Waals surface area contributed by atoms with E-state index in [2.05, 4.69) is 5.32 Å². The summed E-state index contributed by atoms with van der Waals surface area (Å²) in [6, 6.07) is 23.2. The molecule has 0 aliphatic heterocycles. The molecule has 30 heavy (non-hydrogen) atoms. The van der Waals surface area contributed by atoms with Crippen molar-refractivity contribution in [3.8, 4) is 6.07 Å². The predicted octanol–water partition coefficient (Wildman–Crippen LogP) is 3.97. The van der Waals surface area contributed by atoms with E-state index in [1.54, 1.807) is 60.7 Å². The van der Waals surface area contributed by atoms with Gasteiger partial charge in [0.2, 0.25) is 0 Å². The Morgan fingerprint density at radius 2 is 1.40 bits per heavy atom. The number of amides is 1. The SMILES string of the molecule is CC(OC(=O)c1ccc(C(=O)c2ccccc2)cc1)C(=O)Nc1ccc(C#N)cc1. The Kier molecular flexibility index (Phi) is 6.36. The maximum absolute atomic E-state index is 12.4. The molecule has 0 radical (unpaired) electrons. The minimum absolute atomic E-state index is 0.148. The lowest BCUT2D eigenvalue weighted by Crippen LogP contribution is -2.30. The number of carbonyl (C=O) groups excluding carboxylic acids is 3. The highest BCUT2D eigenvalue weighted by Crippen LogP contribution is 2.14. The van der Waals surface area contributed by atoms with Crippen LogP contribution in [0.2, 0.25) is 0 Å². The molecule has 0 aliphatic rings. The number of benzene rings is 3. The van der Waals surface area contributed by atoms with Crippen molar-refractivity contribution >= 4 is 23.3 Å². The zero-order valence-electron chi connectivity index (χ0n) is 16.2. The van der Waals surface area contributed by atoms with Crippen LogP contribution in [0.25, 0.3) is 0 Å². The zero-order valence-corrected chi connectivity index (χ0v) is 16.2. The van der Waals surface area contributed by atoms with Crippen LogP contribution in [0.3, 0.4) is 0 Å². The second-order valence-electron chi connectivity index (χ2n) is 6.50. The van der Waals surface area contributed by atoms with Gasteiger partial charge < -0.3 is 10.1 Å². The van der Waals surface area contributed by atoms with Crippen LogP contribution in [0, 0.1) is 11.3 Å². The number of hydrogen-bond donors (Lipinski definition) is 1. The molecule has 3 rings (SSSR count). The zero-order chi connectivity index (χ0) is 21.5. The van der Waals surface area contributed by atoms with Crippen LogP contribution in [-0.2, 0) is 9.53 Å². The van der Waals surface area contributed by atoms with Crippen molar-refractivity contribution in [2.45, 2.75) is 13.0 Å². The molecule has 0 heterocycles. The Morgan fingerprint density at radius 3 is 2.00 bits per heavy atom. The fourth-order valence-corrected chi connectivity index (χ4v) is 2.67. The number of nitrogens with one attached hydrogen (secondary N) is 1. The first-order valence-electron chi connectivity index (χ1n) is 9.20. The molecule has 1 amide bonds. The molecular weight excluding hydrogens is 380 g/mol. The first-order chi connectivity index (χ1) is 14.5. The number of ketones is 1. The van der Waals surface area contributed by atoms with Crippen LogP contribution >= 0.6 is 0 Å². The molecule has 0 spiro atoms. The number of nitriles is 1. The monoisotopic (exact) mass is 398 g/mol. The van der Waals surface area contributed by atoms with Crippen molar-refractivity contribution < 1.29 is 19.1 Å². The largest absolute Gasteiger partial charge is 0.449 e. The molecule has 3 aromatic carbocycles. The average Bonchev–Trinajstić information content (AvgIpc) is 2.79. The summed E-state index contributed by atoms with van der Waals surface area (Å²) in [5, 5.41) is 11.4. The molecule has 0 bridgehead atoms. The highest BCUT2D eigenvalue weighted by atomic mass is 16.5. The molecule has 3 aromatic rings. The van der Waals surface area contributed by atoms with E-state index in [0.717, 1.165) is 0 Å². The number of carbonyl (C=O) groups is 3. The normalized spacial score (nSPS) is 11.1. The number of hydrogen-bond acceptors (Lipinski definition) is 5. The third kappa shape index (κ3) is 4.97. The van der Waals surface area contributed by atoms with Crippen LogP contribution in [0.15, 0.2) is 78.9 Å². The number of anilines is 1. The Labute approximate surface area is 173 Å². The van der Waals surface area contributed by atoms with Crippen LogP contribution in [0.5, 0.6) is 0 Å². The van der Waals surface area contributed by atoms with Gasteiger partial charge in [-0.05, 0) is 43.3 Å². The molecule has 6 heteroatoms. The number of ether oxygens (including phenoxy) is 1. The Morgan fingerprint density at radius 1 is 0.833 bits per heavy atom. The topological polar surface area (TPSA) is 96.3 Å². The molecule has 148 valence electrons. The van der Waals surface area contributed by atoms with Gasteiger partial charge in [-0.1, -0.05) is 42.5 Å². The van der Waals surface area contributed by atoms with Crippen molar-refractivity contribution in [1.82, 2.24) is 0 Å². The van der Waals surface area contributed by atoms with Gasteiger partial charge >= 0.3 is 5.97 Å². The van der Waals surface area contributed by atoms with Gasteiger partial charge in [0.05, 0.1) is 17.2 Å². The molecule has 0 saturated carbocycles. The average molecular weight is 398 g/mol. The first kappa shape index (κ1) is 20.5. The Bertz CT molecular complexity index is 1100. The summed E-state index contributed by atoms with van der Waals surface area (Å²) in [5.41, 5.74) is 2.20. The maximum Gasteiger partial charge on any atom is 0.338 e. The molecule has 0 saturated heterocycles. The van der Waals surface area contributed by atoms with E-state index >= 15 is 0 Å². The highest BCUT2D eigenvalue weighted by Gasteiger charge is 2.19. The lowest BCUT2D eigenvalue weighted by Gasteiger charge is -2.13. The van der Waals surface area contributed by atoms with Crippen molar-refractivity contribution in [1.29, 1.82) is 5.26 Å². The van der Waals surface area contributed by atoms with E-state index in [-0.39, 0.29) is 11.3 Å². The summed E-state index contributed by atoms with van der Waals surface area (Å²) < 4.78 is 5.21. The minimum atomic E-state index is -1.03. The van der Waals surface area contributed by atoms with Crippen molar-refractivity contribution in [2.24, 2.45) is 0 Å². The molecule has 0 fully saturated rings. The maximum atomic E-state index is 12.4. The second-order valence-corrected chi connectivity index (χ2v) is 6.50. The van der Waals surface area contributed by atoms with E-state index in [4.69, 9.17) is 10.00 Å². The Balaban J connectivity index is 1.60. The van der Waals surface area contributed by atoms with E-state index in [0.29, 0.717) is 22.4 Å². The van der Waals surface area contributed by atoms with Gasteiger partial charge in [-0.15, -0.1) is 0 Å². The minimum Gasteiger partial charge on any atom is -0.449 e. The van der Waals surface area contributed by atoms with Crippen molar-refractivity contribution in [2.75, 3.05) is 5.32 Å². The van der Waals surface area contributed by atoms with E-state index in [9.17, 15) is 14.4 Å². The van der Waals surface area contributed by atoms with Crippen LogP contribution in [0.4, 0.5) is 5.69 Å². The summed E-state index contributed by atoms with van der Waals surface area (Å²) in [5.74, 6) is -1.31.